The van der Waals surface area contributed by atoms with Gasteiger partial charge in [-0.15, -0.1) is 0 Å². The Kier molecular flexibility index (Phi) is 10.2. The number of anilines is 1. The highest BCUT2D eigenvalue weighted by Gasteiger charge is 2.54. The molecule has 0 aliphatic carbocycles. The largest absolute Gasteiger partial charge is 0.394 e. The van der Waals surface area contributed by atoms with E-state index < -0.39 is 46.8 Å². The normalized spacial score (nSPS) is 28.1. The van der Waals surface area contributed by atoms with E-state index in [9.17, 15) is 14.7 Å². The number of aromatic nitrogens is 2. The topological polar surface area (TPSA) is 124 Å². The molecule has 46 heavy (non-hydrogen) atoms. The molecule has 3 fully saturated rings. The second kappa shape index (κ2) is 14.1. The number of ether oxygens (including phenoxy) is 2. The van der Waals surface area contributed by atoms with Crippen molar-refractivity contribution < 1.29 is 28.4 Å². The molecule has 1 unspecified atom stereocenters. The third kappa shape index (κ3) is 6.50. The molecule has 3 aliphatic heterocycles. The third-order valence-corrected chi connectivity index (χ3v) is 15.6. The molecular formula is C33H43N4O7PSi. The van der Waals surface area contributed by atoms with Crippen LogP contribution in [0.25, 0.3) is 0 Å². The molecule has 0 bridgehead atoms. The zero-order chi connectivity index (χ0) is 32.4. The van der Waals surface area contributed by atoms with E-state index in [1.807, 2.05) is 0 Å². The summed E-state index contributed by atoms with van der Waals surface area (Å²) < 4.78 is 29.3. The smallest absolute Gasteiger partial charge is 0.351 e. The first-order valence-corrected chi connectivity index (χ1v) is 19.8. The number of aliphatic hydroxyl groups is 1. The van der Waals surface area contributed by atoms with E-state index in [2.05, 4.69) is 82.2 Å². The molecule has 11 nitrogen and oxygen atoms in total. The number of fused-ring (bicyclic) bond motifs is 1. The minimum Gasteiger partial charge on any atom is -0.394 e. The van der Waals surface area contributed by atoms with Crippen molar-refractivity contribution in [2.45, 2.75) is 76.0 Å². The summed E-state index contributed by atoms with van der Waals surface area (Å²) >= 11 is 0. The van der Waals surface area contributed by atoms with Gasteiger partial charge in [0.1, 0.15) is 32.2 Å². The summed E-state index contributed by atoms with van der Waals surface area (Å²) in [6.45, 7) is 6.49. The molecule has 0 radical (unpaired) electrons. The SMILES string of the molecule is CO[C@H]1C(O[P@@]2O[C@H](C[Si](C)(c3ccccc3)c3ccccc3)[C@@H]3CCCN32)[C@@H](CO)O[C@H]1n1ccc(NC(=O)C(C)C)nc1=O. The second-order valence-corrected chi connectivity index (χ2v) is 18.3. The third-order valence-electron chi connectivity index (χ3n) is 9.39. The highest BCUT2D eigenvalue weighted by atomic mass is 31.2. The van der Waals surface area contributed by atoms with Gasteiger partial charge in [0.2, 0.25) is 5.91 Å². The highest BCUT2D eigenvalue weighted by Crippen LogP contribution is 2.59. The van der Waals surface area contributed by atoms with Crippen LogP contribution in [0.3, 0.4) is 0 Å². The van der Waals surface area contributed by atoms with Gasteiger partial charge < -0.3 is 28.9 Å². The fraction of sp³-hybridized carbons (Fsp3) is 0.485. The number of nitrogens with one attached hydrogen (secondary N) is 1. The van der Waals surface area contributed by atoms with Crippen LogP contribution in [0.5, 0.6) is 0 Å². The average Bonchev–Trinajstić information content (AvgIpc) is 3.77. The molecule has 1 aromatic heterocycles. The van der Waals surface area contributed by atoms with Crippen LogP contribution in [-0.2, 0) is 23.3 Å². The summed E-state index contributed by atoms with van der Waals surface area (Å²) in [4.78, 5) is 29.2. The van der Waals surface area contributed by atoms with Gasteiger partial charge in [-0.1, -0.05) is 91.4 Å². The molecule has 13 heteroatoms. The summed E-state index contributed by atoms with van der Waals surface area (Å²) in [5, 5.41) is 15.7. The maximum atomic E-state index is 13.1. The summed E-state index contributed by atoms with van der Waals surface area (Å²) in [6, 6.07) is 24.2. The summed E-state index contributed by atoms with van der Waals surface area (Å²) in [7, 11) is -2.12. The van der Waals surface area contributed by atoms with Crippen molar-refractivity contribution in [2.75, 3.05) is 25.6 Å². The number of carbonyl (C=O) groups is 1. The molecule has 0 saturated carbocycles. The molecule has 4 heterocycles. The van der Waals surface area contributed by atoms with Gasteiger partial charge in [-0.2, -0.15) is 4.98 Å². The fourth-order valence-electron chi connectivity index (χ4n) is 6.79. The van der Waals surface area contributed by atoms with E-state index in [1.165, 1.54) is 28.2 Å². The number of rotatable bonds is 11. The number of aliphatic hydroxyl groups excluding tert-OH is 1. The monoisotopic (exact) mass is 666 g/mol. The lowest BCUT2D eigenvalue weighted by Gasteiger charge is -2.32. The van der Waals surface area contributed by atoms with Crippen molar-refractivity contribution >= 4 is 38.7 Å². The second-order valence-electron chi connectivity index (χ2n) is 12.7. The number of amides is 1. The van der Waals surface area contributed by atoms with Gasteiger partial charge in [0.05, 0.1) is 12.7 Å². The Morgan fingerprint density at radius 1 is 1.09 bits per heavy atom. The van der Waals surface area contributed by atoms with Crippen LogP contribution in [0, 0.1) is 5.92 Å². The Hall–Kier alpha value is -2.80. The Morgan fingerprint density at radius 3 is 2.35 bits per heavy atom. The molecule has 2 aromatic carbocycles. The van der Waals surface area contributed by atoms with Crippen molar-refractivity contribution in [1.82, 2.24) is 14.2 Å². The number of hydrogen-bond acceptors (Lipinski definition) is 9. The minimum absolute atomic E-state index is 0.0159. The number of carbonyl (C=O) groups excluding carboxylic acids is 1. The number of nitrogens with zero attached hydrogens (tertiary/aromatic N) is 3. The average molecular weight is 667 g/mol. The molecule has 7 atom stereocenters. The molecule has 246 valence electrons. The summed E-state index contributed by atoms with van der Waals surface area (Å²) in [5.41, 5.74) is -0.612. The van der Waals surface area contributed by atoms with Crippen LogP contribution < -0.4 is 21.4 Å². The Morgan fingerprint density at radius 2 is 1.76 bits per heavy atom. The molecule has 0 spiro atoms. The number of hydrogen-bond donors (Lipinski definition) is 2. The minimum atomic E-state index is -2.18. The highest BCUT2D eigenvalue weighted by molar-refractivity contribution is 7.45. The fourth-order valence-corrected chi connectivity index (χ4v) is 12.8. The zero-order valence-electron chi connectivity index (χ0n) is 26.7. The quantitative estimate of drug-likeness (QED) is 0.235. The zero-order valence-corrected chi connectivity index (χ0v) is 28.6. The van der Waals surface area contributed by atoms with Crippen molar-refractivity contribution in [3.05, 3.63) is 83.4 Å². The Labute approximate surface area is 271 Å². The van der Waals surface area contributed by atoms with Crippen LogP contribution >= 0.6 is 8.53 Å². The number of benzene rings is 2. The molecule has 6 rings (SSSR count). The van der Waals surface area contributed by atoms with Gasteiger partial charge in [-0.25, -0.2) is 9.46 Å². The van der Waals surface area contributed by atoms with Crippen molar-refractivity contribution in [2.24, 2.45) is 5.92 Å². The van der Waals surface area contributed by atoms with Gasteiger partial charge >= 0.3 is 5.69 Å². The molecular weight excluding hydrogens is 623 g/mol. The maximum Gasteiger partial charge on any atom is 0.351 e. The van der Waals surface area contributed by atoms with Crippen molar-refractivity contribution in [1.29, 1.82) is 0 Å². The molecule has 3 aliphatic rings. The lowest BCUT2D eigenvalue weighted by atomic mass is 10.1. The predicted molar refractivity (Wildman–Crippen MR) is 179 cm³/mol. The van der Waals surface area contributed by atoms with E-state index >= 15 is 0 Å². The van der Waals surface area contributed by atoms with Crippen LogP contribution in [-0.4, -0.2) is 84.0 Å². The van der Waals surface area contributed by atoms with Crippen LogP contribution in [0.15, 0.2) is 77.7 Å². The van der Waals surface area contributed by atoms with Gasteiger partial charge in [0, 0.05) is 31.8 Å². The molecule has 2 N–H and O–H groups in total. The van der Waals surface area contributed by atoms with Gasteiger partial charge in [-0.05, 0) is 25.0 Å². The van der Waals surface area contributed by atoms with E-state index in [4.69, 9.17) is 18.5 Å². The van der Waals surface area contributed by atoms with E-state index in [-0.39, 0.29) is 36.4 Å². The van der Waals surface area contributed by atoms with Gasteiger partial charge in [0.15, 0.2) is 6.23 Å². The van der Waals surface area contributed by atoms with E-state index in [0.29, 0.717) is 0 Å². The molecule has 3 saturated heterocycles. The standard InChI is InChI=1S/C33H43N4O7PSi/c1-22(2)31(39)34-28-17-19-36(33(40)35-28)32-30(41-3)29(26(20-38)42-32)44-45-37-18-11-16-25(37)27(43-45)21-46(4,23-12-7-5-8-13-23)24-14-9-6-10-15-24/h5-10,12-15,17,19,22,25-27,29-30,32,38H,11,16,18,20-21H2,1-4H3,(H,34,35,39,40)/t25-,26+,27+,29?,30-,32+,45+/m0/s1. The first kappa shape index (κ1) is 33.1. The number of methoxy groups -OCH3 is 1. The van der Waals surface area contributed by atoms with E-state index in [1.54, 1.807) is 19.9 Å². The predicted octanol–water partition coefficient (Wildman–Crippen LogP) is 3.11. The molecule has 1 amide bonds. The Bertz CT molecular complexity index is 1510. The lowest BCUT2D eigenvalue weighted by molar-refractivity contribution is -0.118. The first-order chi connectivity index (χ1) is 22.2. The first-order valence-electron chi connectivity index (χ1n) is 15.9. The van der Waals surface area contributed by atoms with Crippen LogP contribution in [0.2, 0.25) is 12.6 Å². The van der Waals surface area contributed by atoms with Crippen molar-refractivity contribution in [3.63, 3.8) is 0 Å². The summed E-state index contributed by atoms with van der Waals surface area (Å²) in [5.74, 6) is -0.335. The summed E-state index contributed by atoms with van der Waals surface area (Å²) in [6.07, 6.45) is 0.543. The van der Waals surface area contributed by atoms with Crippen LogP contribution in [0.1, 0.15) is 32.9 Å². The van der Waals surface area contributed by atoms with Crippen molar-refractivity contribution in [3.8, 4) is 0 Å². The lowest BCUT2D eigenvalue weighted by Crippen LogP contribution is -2.58. The van der Waals surface area contributed by atoms with E-state index in [0.717, 1.165) is 25.4 Å². The maximum absolute atomic E-state index is 13.1. The van der Waals surface area contributed by atoms with Crippen LogP contribution in [0.4, 0.5) is 5.82 Å². The van der Waals surface area contributed by atoms with Gasteiger partial charge in [-0.3, -0.25) is 9.36 Å². The van der Waals surface area contributed by atoms with Gasteiger partial charge in [0.25, 0.3) is 8.53 Å². The Balaban J connectivity index is 1.22. The molecule has 3 aromatic rings.